The summed E-state index contributed by atoms with van der Waals surface area (Å²) in [6.07, 6.45) is -11.3. The second-order valence-corrected chi connectivity index (χ2v) is 9.26. The van der Waals surface area contributed by atoms with Crippen LogP contribution in [0.25, 0.3) is 0 Å². The van der Waals surface area contributed by atoms with Crippen molar-refractivity contribution in [2.45, 2.75) is 32.0 Å². The molecule has 0 heterocycles. The van der Waals surface area contributed by atoms with Crippen LogP contribution in [0.3, 0.4) is 0 Å². The van der Waals surface area contributed by atoms with E-state index in [4.69, 9.17) is 4.43 Å². The van der Waals surface area contributed by atoms with Gasteiger partial charge in [-0.2, -0.15) is 26.3 Å². The molecule has 0 atom stereocenters. The van der Waals surface area contributed by atoms with Crippen molar-refractivity contribution < 1.29 is 35.6 Å². The molecular weight excluding hydrogens is 282 g/mol. The fourth-order valence-corrected chi connectivity index (χ4v) is 2.41. The average Bonchev–Trinajstić information content (AvgIpc) is 1.93. The zero-order valence-electron chi connectivity index (χ0n) is 9.66. The summed E-state index contributed by atoms with van der Waals surface area (Å²) < 4.78 is 80.8. The predicted octanol–water partition coefficient (Wildman–Crippen LogP) is 3.42. The Morgan fingerprint density at radius 2 is 1.44 bits per heavy atom. The van der Waals surface area contributed by atoms with Gasteiger partial charge in [0.2, 0.25) is 8.32 Å². The molecule has 0 fully saturated rings. The van der Waals surface area contributed by atoms with E-state index in [9.17, 15) is 31.1 Å². The summed E-state index contributed by atoms with van der Waals surface area (Å²) in [5.74, 6) is -3.37. The number of ketones is 1. The Bertz CT molecular complexity index is 387. The highest BCUT2D eigenvalue weighted by Crippen LogP contribution is 2.60. The molecular formula is C9H10F6O2Si. The molecule has 0 N–H and O–H groups in total. The first-order chi connectivity index (χ1) is 7.73. The lowest BCUT2D eigenvalue weighted by Gasteiger charge is -2.43. The van der Waals surface area contributed by atoms with Gasteiger partial charge >= 0.3 is 12.4 Å². The van der Waals surface area contributed by atoms with Gasteiger partial charge in [-0.1, -0.05) is 0 Å². The third-order valence-corrected chi connectivity index (χ3v) is 3.10. The highest BCUT2D eigenvalue weighted by Gasteiger charge is 2.81. The van der Waals surface area contributed by atoms with Crippen LogP contribution in [0, 0.1) is 5.41 Å². The van der Waals surface area contributed by atoms with Crippen LogP contribution in [0.2, 0.25) is 19.6 Å². The van der Waals surface area contributed by atoms with Gasteiger partial charge in [0.15, 0.2) is 5.78 Å². The van der Waals surface area contributed by atoms with E-state index in [0.717, 1.165) is 0 Å². The van der Waals surface area contributed by atoms with Crippen LogP contribution in [-0.2, 0) is 9.22 Å². The lowest BCUT2D eigenvalue weighted by Crippen LogP contribution is -2.62. The summed E-state index contributed by atoms with van der Waals surface area (Å²) in [5.41, 5.74) is -4.49. The van der Waals surface area contributed by atoms with Gasteiger partial charge in [-0.05, 0) is 19.6 Å². The van der Waals surface area contributed by atoms with Crippen molar-refractivity contribution in [3.05, 3.63) is 11.8 Å². The van der Waals surface area contributed by atoms with Gasteiger partial charge in [0.1, 0.15) is 5.76 Å². The van der Waals surface area contributed by atoms with Gasteiger partial charge in [0, 0.05) is 6.08 Å². The maximum atomic E-state index is 12.7. The maximum absolute atomic E-state index is 12.7. The molecule has 1 aliphatic carbocycles. The van der Waals surface area contributed by atoms with Crippen molar-refractivity contribution in [3.8, 4) is 0 Å². The third-order valence-electron chi connectivity index (χ3n) is 2.27. The van der Waals surface area contributed by atoms with Crippen LogP contribution in [0.1, 0.15) is 0 Å². The molecule has 0 spiro atoms. The quantitative estimate of drug-likeness (QED) is 0.576. The van der Waals surface area contributed by atoms with Crippen molar-refractivity contribution in [1.82, 2.24) is 0 Å². The molecule has 0 radical (unpaired) electrons. The van der Waals surface area contributed by atoms with E-state index in [1.54, 1.807) is 0 Å². The van der Waals surface area contributed by atoms with Gasteiger partial charge in [0.05, 0.1) is 0 Å². The predicted molar refractivity (Wildman–Crippen MR) is 52.1 cm³/mol. The number of carbonyl (C=O) groups excluding carboxylic acids is 1. The van der Waals surface area contributed by atoms with E-state index >= 15 is 0 Å². The maximum Gasteiger partial charge on any atom is 0.417 e. The zero-order valence-corrected chi connectivity index (χ0v) is 10.7. The van der Waals surface area contributed by atoms with Gasteiger partial charge < -0.3 is 4.43 Å². The molecule has 18 heavy (non-hydrogen) atoms. The normalized spacial score (nSPS) is 20.3. The molecule has 0 bridgehead atoms. The Kier molecular flexibility index (Phi) is 3.14. The number of carbonyl (C=O) groups is 1. The minimum absolute atomic E-state index is 0.263. The third kappa shape index (κ3) is 2.04. The molecule has 0 saturated carbocycles. The Morgan fingerprint density at radius 1 is 1.06 bits per heavy atom. The molecule has 0 unspecified atom stereocenters. The van der Waals surface area contributed by atoms with E-state index in [1.165, 1.54) is 19.6 Å². The van der Waals surface area contributed by atoms with Crippen LogP contribution in [-0.4, -0.2) is 26.5 Å². The molecule has 0 amide bonds. The van der Waals surface area contributed by atoms with Crippen LogP contribution in [0.4, 0.5) is 26.3 Å². The first-order valence-corrected chi connectivity index (χ1v) is 8.23. The highest BCUT2D eigenvalue weighted by atomic mass is 28.4. The molecule has 0 saturated heterocycles. The molecule has 0 aromatic heterocycles. The van der Waals surface area contributed by atoms with Crippen molar-refractivity contribution in [2.24, 2.45) is 5.41 Å². The molecule has 0 aromatic carbocycles. The van der Waals surface area contributed by atoms with Gasteiger partial charge in [-0.15, -0.1) is 0 Å². The lowest BCUT2D eigenvalue weighted by atomic mass is 9.71. The molecule has 1 rings (SSSR count). The second-order valence-electron chi connectivity index (χ2n) is 4.83. The largest absolute Gasteiger partial charge is 0.546 e. The van der Waals surface area contributed by atoms with Crippen molar-refractivity contribution in [1.29, 1.82) is 0 Å². The second kappa shape index (κ2) is 3.75. The minimum atomic E-state index is -5.76. The smallest absolute Gasteiger partial charge is 0.417 e. The van der Waals surface area contributed by atoms with E-state index < -0.39 is 37.6 Å². The van der Waals surface area contributed by atoms with Crippen LogP contribution in [0.15, 0.2) is 11.8 Å². The Hall–Kier alpha value is -0.993. The highest BCUT2D eigenvalue weighted by molar-refractivity contribution is 6.70. The van der Waals surface area contributed by atoms with Crippen LogP contribution >= 0.6 is 0 Å². The summed E-state index contributed by atoms with van der Waals surface area (Å²) in [5, 5.41) is 0. The zero-order chi connectivity index (χ0) is 14.6. The Morgan fingerprint density at radius 3 is 1.67 bits per heavy atom. The monoisotopic (exact) mass is 292 g/mol. The number of alkyl halides is 6. The first kappa shape index (κ1) is 15.1. The average molecular weight is 292 g/mol. The first-order valence-electron chi connectivity index (χ1n) is 4.82. The van der Waals surface area contributed by atoms with Crippen molar-refractivity contribution in [2.75, 3.05) is 0 Å². The van der Waals surface area contributed by atoms with Crippen molar-refractivity contribution >= 4 is 14.1 Å². The van der Waals surface area contributed by atoms with E-state index in [0.29, 0.717) is 0 Å². The van der Waals surface area contributed by atoms with Gasteiger partial charge in [-0.3, -0.25) is 4.79 Å². The number of rotatable bonds is 2. The summed E-state index contributed by atoms with van der Waals surface area (Å²) in [6, 6.07) is 0. The summed E-state index contributed by atoms with van der Waals surface area (Å²) in [4.78, 5) is 11.0. The number of hydrogen-bond acceptors (Lipinski definition) is 2. The summed E-state index contributed by atoms with van der Waals surface area (Å²) in [6.45, 7) is 4.27. The molecule has 2 nitrogen and oxygen atoms in total. The fourth-order valence-electron chi connectivity index (χ4n) is 1.53. The number of halogens is 6. The Balaban J connectivity index is 3.31. The number of allylic oxidation sites excluding steroid dienone is 2. The Labute approximate surface area is 99.7 Å². The lowest BCUT2D eigenvalue weighted by molar-refractivity contribution is -0.320. The van der Waals surface area contributed by atoms with E-state index in [-0.39, 0.29) is 6.08 Å². The number of hydrogen-bond donors (Lipinski definition) is 0. The van der Waals surface area contributed by atoms with Crippen LogP contribution in [0.5, 0.6) is 0 Å². The molecule has 1 aliphatic rings. The van der Waals surface area contributed by atoms with E-state index in [2.05, 4.69) is 0 Å². The standard InChI is InChI=1S/C9H10F6O2Si/c1-18(2,3)17-6-4-5(16)7(6,8(10,11)12)9(13,14)15/h4H,1-3H3. The topological polar surface area (TPSA) is 26.3 Å². The van der Waals surface area contributed by atoms with Crippen LogP contribution < -0.4 is 0 Å². The molecule has 104 valence electrons. The summed E-state index contributed by atoms with van der Waals surface area (Å²) >= 11 is 0. The van der Waals surface area contributed by atoms with Gasteiger partial charge in [-0.25, -0.2) is 0 Å². The van der Waals surface area contributed by atoms with E-state index in [1.807, 2.05) is 0 Å². The van der Waals surface area contributed by atoms with Crippen molar-refractivity contribution in [3.63, 3.8) is 0 Å². The molecule has 0 aliphatic heterocycles. The SMILES string of the molecule is C[Si](C)(C)OC1=CC(=O)C1(C(F)(F)F)C(F)(F)F. The molecule has 0 aromatic rings. The summed E-state index contributed by atoms with van der Waals surface area (Å²) in [7, 11) is -2.69. The molecule has 9 heteroatoms. The minimum Gasteiger partial charge on any atom is -0.546 e. The fraction of sp³-hybridized carbons (Fsp3) is 0.667. The van der Waals surface area contributed by atoms with Gasteiger partial charge in [0.25, 0.3) is 5.41 Å².